The third-order valence-electron chi connectivity index (χ3n) is 3.21. The molecule has 2 heterocycles. The number of methoxy groups -OCH3 is 1. The molecule has 1 N–H and O–H groups in total. The van der Waals surface area contributed by atoms with E-state index in [0.717, 1.165) is 37.5 Å². The van der Waals surface area contributed by atoms with Crippen LogP contribution in [0.5, 0.6) is 0 Å². The summed E-state index contributed by atoms with van der Waals surface area (Å²) in [5.41, 5.74) is 2.26. The van der Waals surface area contributed by atoms with E-state index < -0.39 is 6.10 Å². The SMILES string of the molecule is COCC1=CCN(c2cc([C@@H](C)O)ccn2)CC1. The van der Waals surface area contributed by atoms with Gasteiger partial charge in [-0.05, 0) is 36.6 Å². The van der Waals surface area contributed by atoms with Crippen molar-refractivity contribution in [2.45, 2.75) is 19.4 Å². The second-order valence-electron chi connectivity index (χ2n) is 4.61. The lowest BCUT2D eigenvalue weighted by atomic mass is 10.1. The highest BCUT2D eigenvalue weighted by atomic mass is 16.5. The van der Waals surface area contributed by atoms with Crippen LogP contribution < -0.4 is 4.90 Å². The number of anilines is 1. The molecule has 0 bridgehead atoms. The minimum Gasteiger partial charge on any atom is -0.389 e. The fourth-order valence-electron chi connectivity index (χ4n) is 2.10. The predicted molar refractivity (Wildman–Crippen MR) is 71.7 cm³/mol. The fraction of sp³-hybridized carbons (Fsp3) is 0.500. The molecule has 98 valence electrons. The van der Waals surface area contributed by atoms with Crippen molar-refractivity contribution >= 4 is 5.82 Å². The van der Waals surface area contributed by atoms with Gasteiger partial charge in [0.2, 0.25) is 0 Å². The molecular weight excluding hydrogens is 228 g/mol. The highest BCUT2D eigenvalue weighted by Crippen LogP contribution is 2.21. The summed E-state index contributed by atoms with van der Waals surface area (Å²) in [6.07, 6.45) is 4.51. The molecule has 0 aliphatic carbocycles. The molecule has 18 heavy (non-hydrogen) atoms. The van der Waals surface area contributed by atoms with E-state index in [-0.39, 0.29) is 0 Å². The first-order valence-electron chi connectivity index (χ1n) is 6.26. The van der Waals surface area contributed by atoms with E-state index in [1.54, 1.807) is 20.2 Å². The molecule has 2 rings (SSSR count). The van der Waals surface area contributed by atoms with E-state index >= 15 is 0 Å². The Morgan fingerprint density at radius 2 is 2.39 bits per heavy atom. The van der Waals surface area contributed by atoms with Crippen LogP contribution in [0.15, 0.2) is 30.0 Å². The van der Waals surface area contributed by atoms with Gasteiger partial charge >= 0.3 is 0 Å². The average Bonchev–Trinajstić information content (AvgIpc) is 2.40. The number of aliphatic hydroxyl groups excluding tert-OH is 1. The minimum atomic E-state index is -0.448. The molecule has 1 aliphatic rings. The first kappa shape index (κ1) is 13.1. The molecule has 0 unspecified atom stereocenters. The van der Waals surface area contributed by atoms with Gasteiger partial charge in [-0.15, -0.1) is 0 Å². The van der Waals surface area contributed by atoms with Crippen molar-refractivity contribution in [2.24, 2.45) is 0 Å². The summed E-state index contributed by atoms with van der Waals surface area (Å²) in [7, 11) is 1.72. The first-order valence-corrected chi connectivity index (χ1v) is 6.26. The molecular formula is C14H20N2O2. The third-order valence-corrected chi connectivity index (χ3v) is 3.21. The lowest BCUT2D eigenvalue weighted by Gasteiger charge is -2.27. The zero-order chi connectivity index (χ0) is 13.0. The van der Waals surface area contributed by atoms with Gasteiger partial charge in [-0.3, -0.25) is 0 Å². The smallest absolute Gasteiger partial charge is 0.129 e. The Balaban J connectivity index is 2.07. The molecule has 0 aromatic carbocycles. The quantitative estimate of drug-likeness (QED) is 0.827. The zero-order valence-corrected chi connectivity index (χ0v) is 11.0. The molecule has 0 fully saturated rings. The number of nitrogens with zero attached hydrogens (tertiary/aromatic N) is 2. The van der Waals surface area contributed by atoms with Crippen molar-refractivity contribution in [3.05, 3.63) is 35.5 Å². The molecule has 0 radical (unpaired) electrons. The molecule has 0 amide bonds. The number of pyridine rings is 1. The summed E-state index contributed by atoms with van der Waals surface area (Å²) in [4.78, 5) is 6.58. The average molecular weight is 248 g/mol. The molecule has 1 aromatic rings. The van der Waals surface area contributed by atoms with Gasteiger partial charge in [0, 0.05) is 26.4 Å². The summed E-state index contributed by atoms with van der Waals surface area (Å²) < 4.78 is 5.14. The molecule has 0 saturated heterocycles. The van der Waals surface area contributed by atoms with Crippen LogP contribution >= 0.6 is 0 Å². The first-order chi connectivity index (χ1) is 8.70. The van der Waals surface area contributed by atoms with E-state index in [0.29, 0.717) is 0 Å². The number of rotatable bonds is 4. The van der Waals surface area contributed by atoms with E-state index in [9.17, 15) is 5.11 Å². The Bertz CT molecular complexity index is 430. The van der Waals surface area contributed by atoms with Crippen LogP contribution in [0.3, 0.4) is 0 Å². The number of aromatic nitrogens is 1. The van der Waals surface area contributed by atoms with Gasteiger partial charge in [-0.1, -0.05) is 6.08 Å². The normalized spacial score (nSPS) is 17.5. The Morgan fingerprint density at radius 3 is 3.00 bits per heavy atom. The van der Waals surface area contributed by atoms with Gasteiger partial charge in [0.25, 0.3) is 0 Å². The minimum absolute atomic E-state index is 0.448. The summed E-state index contributed by atoms with van der Waals surface area (Å²) >= 11 is 0. The van der Waals surface area contributed by atoms with E-state index in [4.69, 9.17) is 4.74 Å². The number of aliphatic hydroxyl groups is 1. The van der Waals surface area contributed by atoms with Crippen LogP contribution in [0.25, 0.3) is 0 Å². The van der Waals surface area contributed by atoms with Gasteiger partial charge in [0.15, 0.2) is 0 Å². The van der Waals surface area contributed by atoms with Gasteiger partial charge in [0.1, 0.15) is 5.82 Å². The second kappa shape index (κ2) is 5.98. The van der Waals surface area contributed by atoms with Crippen LogP contribution in [-0.4, -0.2) is 36.9 Å². The highest BCUT2D eigenvalue weighted by molar-refractivity contribution is 5.43. The fourth-order valence-corrected chi connectivity index (χ4v) is 2.10. The number of hydrogen-bond acceptors (Lipinski definition) is 4. The monoisotopic (exact) mass is 248 g/mol. The Hall–Kier alpha value is -1.39. The Morgan fingerprint density at radius 1 is 1.56 bits per heavy atom. The summed E-state index contributed by atoms with van der Waals surface area (Å²) in [5.74, 6) is 0.932. The maximum absolute atomic E-state index is 9.58. The Labute approximate surface area is 108 Å². The lowest BCUT2D eigenvalue weighted by molar-refractivity contribution is 0.199. The van der Waals surface area contributed by atoms with Gasteiger partial charge in [-0.25, -0.2) is 4.98 Å². The van der Waals surface area contributed by atoms with Gasteiger partial charge < -0.3 is 14.7 Å². The van der Waals surface area contributed by atoms with Gasteiger partial charge in [0.05, 0.1) is 12.7 Å². The van der Waals surface area contributed by atoms with Crippen molar-refractivity contribution in [1.82, 2.24) is 4.98 Å². The molecule has 0 spiro atoms. The molecule has 1 aliphatic heterocycles. The van der Waals surface area contributed by atoms with E-state index in [1.807, 2.05) is 12.1 Å². The Kier molecular flexibility index (Phi) is 4.33. The zero-order valence-electron chi connectivity index (χ0n) is 11.0. The molecule has 1 atom stereocenters. The maximum atomic E-state index is 9.58. The lowest BCUT2D eigenvalue weighted by Crippen LogP contribution is -2.30. The molecule has 4 nitrogen and oxygen atoms in total. The van der Waals surface area contributed by atoms with Crippen molar-refractivity contribution < 1.29 is 9.84 Å². The highest BCUT2D eigenvalue weighted by Gasteiger charge is 2.14. The summed E-state index contributed by atoms with van der Waals surface area (Å²) in [6.45, 7) is 4.29. The van der Waals surface area contributed by atoms with Crippen molar-refractivity contribution in [2.75, 3.05) is 31.7 Å². The van der Waals surface area contributed by atoms with Crippen LogP contribution in [0.2, 0.25) is 0 Å². The summed E-state index contributed by atoms with van der Waals surface area (Å²) in [6, 6.07) is 3.81. The van der Waals surface area contributed by atoms with Crippen molar-refractivity contribution in [1.29, 1.82) is 0 Å². The number of ether oxygens (including phenoxy) is 1. The van der Waals surface area contributed by atoms with Crippen LogP contribution in [0, 0.1) is 0 Å². The molecule has 4 heteroatoms. The van der Waals surface area contributed by atoms with Crippen LogP contribution in [0.4, 0.5) is 5.82 Å². The van der Waals surface area contributed by atoms with Gasteiger partial charge in [-0.2, -0.15) is 0 Å². The largest absolute Gasteiger partial charge is 0.389 e. The summed E-state index contributed by atoms with van der Waals surface area (Å²) in [5, 5.41) is 9.58. The molecule has 0 saturated carbocycles. The van der Waals surface area contributed by atoms with Crippen molar-refractivity contribution in [3.8, 4) is 0 Å². The standard InChI is InChI=1S/C14H20N2O2/c1-11(17)13-3-6-15-14(9-13)16-7-4-12(5-8-16)10-18-2/h3-4,6,9,11,17H,5,7-8,10H2,1-2H3/t11-/m1/s1. The molecule has 1 aromatic heterocycles. The third kappa shape index (κ3) is 3.09. The predicted octanol–water partition coefficient (Wildman–Crippen LogP) is 1.92. The van der Waals surface area contributed by atoms with Crippen LogP contribution in [0.1, 0.15) is 25.0 Å². The number of hydrogen-bond donors (Lipinski definition) is 1. The maximum Gasteiger partial charge on any atom is 0.129 e. The van der Waals surface area contributed by atoms with E-state index in [2.05, 4.69) is 16.0 Å². The second-order valence-corrected chi connectivity index (χ2v) is 4.61. The van der Waals surface area contributed by atoms with E-state index in [1.165, 1.54) is 5.57 Å². The van der Waals surface area contributed by atoms with Crippen LogP contribution in [-0.2, 0) is 4.74 Å². The van der Waals surface area contributed by atoms with Crippen molar-refractivity contribution in [3.63, 3.8) is 0 Å². The topological polar surface area (TPSA) is 45.6 Å².